The van der Waals surface area contributed by atoms with E-state index in [1.165, 1.54) is 0 Å². The first-order chi connectivity index (χ1) is 5.33. The Bertz CT molecular complexity index is 225. The first kappa shape index (κ1) is 8.56. The third kappa shape index (κ3) is 2.91. The van der Waals surface area contributed by atoms with Gasteiger partial charge in [-0.25, -0.2) is 4.98 Å². The van der Waals surface area contributed by atoms with E-state index in [-0.39, 0.29) is 0 Å². The predicted molar refractivity (Wildman–Crippen MR) is 48.8 cm³/mol. The Morgan fingerprint density at radius 2 is 2.36 bits per heavy atom. The van der Waals surface area contributed by atoms with Crippen LogP contribution in [0.5, 0.6) is 0 Å². The molecule has 60 valence electrons. The molecule has 0 atom stereocenters. The average Bonchev–Trinajstić information content (AvgIpc) is 2.01. The summed E-state index contributed by atoms with van der Waals surface area (Å²) >= 11 is 1.70. The first-order valence-electron chi connectivity index (χ1n) is 3.59. The molecule has 0 unspecified atom stereocenters. The number of pyridine rings is 1. The third-order valence-corrected chi connectivity index (χ3v) is 2.19. The highest BCUT2D eigenvalue weighted by Crippen LogP contribution is 2.13. The van der Waals surface area contributed by atoms with Crippen molar-refractivity contribution in [1.82, 2.24) is 4.98 Å². The van der Waals surface area contributed by atoms with Gasteiger partial charge < -0.3 is 5.73 Å². The SMILES string of the molecule is Cc1cccc(SCCN)n1. The molecule has 0 aromatic carbocycles. The van der Waals surface area contributed by atoms with Crippen LogP contribution < -0.4 is 5.73 Å². The quantitative estimate of drug-likeness (QED) is 0.694. The van der Waals surface area contributed by atoms with Crippen LogP contribution in [-0.4, -0.2) is 17.3 Å². The van der Waals surface area contributed by atoms with Gasteiger partial charge in [0.25, 0.3) is 0 Å². The van der Waals surface area contributed by atoms with E-state index in [2.05, 4.69) is 4.98 Å². The number of thioether (sulfide) groups is 1. The van der Waals surface area contributed by atoms with E-state index >= 15 is 0 Å². The fraction of sp³-hybridized carbons (Fsp3) is 0.375. The van der Waals surface area contributed by atoms with Crippen LogP contribution in [0.1, 0.15) is 5.69 Å². The Hall–Kier alpha value is -0.540. The van der Waals surface area contributed by atoms with Gasteiger partial charge in [0.15, 0.2) is 0 Å². The van der Waals surface area contributed by atoms with Gasteiger partial charge in [0.1, 0.15) is 0 Å². The molecular formula is C8H12N2S. The van der Waals surface area contributed by atoms with Crippen LogP contribution >= 0.6 is 11.8 Å². The molecule has 0 aliphatic rings. The van der Waals surface area contributed by atoms with Gasteiger partial charge in [-0.2, -0.15) is 0 Å². The highest BCUT2D eigenvalue weighted by molar-refractivity contribution is 7.99. The molecule has 2 N–H and O–H groups in total. The number of nitrogens with zero attached hydrogens (tertiary/aromatic N) is 1. The molecule has 2 nitrogen and oxygen atoms in total. The fourth-order valence-electron chi connectivity index (χ4n) is 0.762. The normalized spacial score (nSPS) is 10.0. The Kier molecular flexibility index (Phi) is 3.39. The summed E-state index contributed by atoms with van der Waals surface area (Å²) in [5.41, 5.74) is 6.43. The second-order valence-electron chi connectivity index (χ2n) is 2.25. The van der Waals surface area contributed by atoms with E-state index in [0.717, 1.165) is 16.5 Å². The zero-order chi connectivity index (χ0) is 8.10. The summed E-state index contributed by atoms with van der Waals surface area (Å²) in [5, 5.41) is 1.07. The molecular weight excluding hydrogens is 156 g/mol. The van der Waals surface area contributed by atoms with Crippen molar-refractivity contribution < 1.29 is 0 Å². The van der Waals surface area contributed by atoms with Gasteiger partial charge in [0.05, 0.1) is 5.03 Å². The zero-order valence-corrected chi connectivity index (χ0v) is 7.40. The molecule has 1 aromatic heterocycles. The van der Waals surface area contributed by atoms with Crippen molar-refractivity contribution in [3.8, 4) is 0 Å². The van der Waals surface area contributed by atoms with Crippen LogP contribution in [0.4, 0.5) is 0 Å². The zero-order valence-electron chi connectivity index (χ0n) is 6.58. The molecule has 1 heterocycles. The van der Waals surface area contributed by atoms with Crippen molar-refractivity contribution in [1.29, 1.82) is 0 Å². The Morgan fingerprint density at radius 3 is 3.00 bits per heavy atom. The lowest BCUT2D eigenvalue weighted by Gasteiger charge is -1.98. The molecule has 11 heavy (non-hydrogen) atoms. The first-order valence-corrected chi connectivity index (χ1v) is 4.58. The number of hydrogen-bond acceptors (Lipinski definition) is 3. The minimum absolute atomic E-state index is 0.709. The number of aryl methyl sites for hydroxylation is 1. The molecule has 0 fully saturated rings. The van der Waals surface area contributed by atoms with Gasteiger partial charge in [-0.3, -0.25) is 0 Å². The van der Waals surface area contributed by atoms with Crippen molar-refractivity contribution >= 4 is 11.8 Å². The topological polar surface area (TPSA) is 38.9 Å². The molecule has 1 rings (SSSR count). The second-order valence-corrected chi connectivity index (χ2v) is 3.37. The highest BCUT2D eigenvalue weighted by Gasteiger charge is 1.92. The monoisotopic (exact) mass is 168 g/mol. The van der Waals surface area contributed by atoms with Crippen LogP contribution in [0.25, 0.3) is 0 Å². The molecule has 0 radical (unpaired) electrons. The van der Waals surface area contributed by atoms with Crippen molar-refractivity contribution in [3.05, 3.63) is 23.9 Å². The van der Waals surface area contributed by atoms with Gasteiger partial charge in [-0.05, 0) is 19.1 Å². The maximum absolute atomic E-state index is 5.37. The van der Waals surface area contributed by atoms with Crippen LogP contribution in [0.15, 0.2) is 23.2 Å². The van der Waals surface area contributed by atoms with Crippen molar-refractivity contribution in [2.45, 2.75) is 11.9 Å². The third-order valence-electron chi connectivity index (χ3n) is 1.23. The van der Waals surface area contributed by atoms with E-state index in [4.69, 9.17) is 5.73 Å². The molecule has 0 aliphatic carbocycles. The molecule has 1 aromatic rings. The van der Waals surface area contributed by atoms with E-state index in [0.29, 0.717) is 6.54 Å². The minimum atomic E-state index is 0.709. The lowest BCUT2D eigenvalue weighted by molar-refractivity contribution is 1.06. The minimum Gasteiger partial charge on any atom is -0.330 e. The summed E-state index contributed by atoms with van der Waals surface area (Å²) in [4.78, 5) is 4.32. The van der Waals surface area contributed by atoms with Crippen LogP contribution in [0.2, 0.25) is 0 Å². The lowest BCUT2D eigenvalue weighted by Crippen LogP contribution is -2.01. The number of aromatic nitrogens is 1. The van der Waals surface area contributed by atoms with Crippen LogP contribution in [0, 0.1) is 6.92 Å². The highest BCUT2D eigenvalue weighted by atomic mass is 32.2. The smallest absolute Gasteiger partial charge is 0.0963 e. The average molecular weight is 168 g/mol. The summed E-state index contributed by atoms with van der Waals surface area (Å²) in [6.07, 6.45) is 0. The number of rotatable bonds is 3. The fourth-order valence-corrected chi connectivity index (χ4v) is 1.47. The van der Waals surface area contributed by atoms with Gasteiger partial charge in [-0.15, -0.1) is 11.8 Å². The molecule has 3 heteroatoms. The van der Waals surface area contributed by atoms with Gasteiger partial charge >= 0.3 is 0 Å². The van der Waals surface area contributed by atoms with Crippen LogP contribution in [-0.2, 0) is 0 Å². The molecule has 0 bridgehead atoms. The van der Waals surface area contributed by atoms with E-state index in [9.17, 15) is 0 Å². The number of nitrogens with two attached hydrogens (primary N) is 1. The molecule has 0 aliphatic heterocycles. The molecule has 0 spiro atoms. The van der Waals surface area contributed by atoms with E-state index in [1.807, 2.05) is 25.1 Å². The largest absolute Gasteiger partial charge is 0.330 e. The van der Waals surface area contributed by atoms with Crippen molar-refractivity contribution in [2.24, 2.45) is 5.73 Å². The van der Waals surface area contributed by atoms with Crippen molar-refractivity contribution in [3.63, 3.8) is 0 Å². The Balaban J connectivity index is 2.56. The van der Waals surface area contributed by atoms with E-state index in [1.54, 1.807) is 11.8 Å². The molecule has 0 saturated heterocycles. The summed E-state index contributed by atoms with van der Waals surface area (Å²) in [5.74, 6) is 0.941. The Morgan fingerprint density at radius 1 is 1.55 bits per heavy atom. The standard InChI is InChI=1S/C8H12N2S/c1-7-3-2-4-8(10-7)11-6-5-9/h2-4H,5-6,9H2,1H3. The summed E-state index contributed by atoms with van der Waals surface area (Å²) in [6, 6.07) is 6.01. The predicted octanol–water partition coefficient (Wildman–Crippen LogP) is 1.44. The second kappa shape index (κ2) is 4.36. The van der Waals surface area contributed by atoms with Crippen LogP contribution in [0.3, 0.4) is 0 Å². The van der Waals surface area contributed by atoms with Crippen molar-refractivity contribution in [2.75, 3.05) is 12.3 Å². The van der Waals surface area contributed by atoms with Gasteiger partial charge in [-0.1, -0.05) is 6.07 Å². The number of hydrogen-bond donors (Lipinski definition) is 1. The maximum atomic E-state index is 5.37. The Labute approximate surface area is 71.2 Å². The lowest BCUT2D eigenvalue weighted by atomic mass is 10.4. The van der Waals surface area contributed by atoms with Gasteiger partial charge in [0, 0.05) is 18.0 Å². The summed E-state index contributed by atoms with van der Waals surface area (Å²) in [7, 11) is 0. The summed E-state index contributed by atoms with van der Waals surface area (Å²) < 4.78 is 0. The molecule has 0 saturated carbocycles. The maximum Gasteiger partial charge on any atom is 0.0963 e. The summed E-state index contributed by atoms with van der Waals surface area (Å²) in [6.45, 7) is 2.70. The van der Waals surface area contributed by atoms with E-state index < -0.39 is 0 Å². The molecule has 0 amide bonds. The van der Waals surface area contributed by atoms with Gasteiger partial charge in [0.2, 0.25) is 0 Å².